The van der Waals surface area contributed by atoms with Crippen LogP contribution in [0.2, 0.25) is 0 Å². The minimum atomic E-state index is -1.17. The van der Waals surface area contributed by atoms with Gasteiger partial charge >= 0.3 is 5.97 Å². The van der Waals surface area contributed by atoms with Gasteiger partial charge in [-0.25, -0.2) is 9.18 Å². The summed E-state index contributed by atoms with van der Waals surface area (Å²) in [4.78, 5) is 13.0. The second-order valence-corrected chi connectivity index (χ2v) is 4.28. The third kappa shape index (κ3) is 4.18. The molecule has 0 amide bonds. The van der Waals surface area contributed by atoms with E-state index in [1.165, 1.54) is 12.1 Å². The van der Waals surface area contributed by atoms with E-state index in [0.29, 0.717) is 26.4 Å². The molecule has 0 aliphatic carbocycles. The molecular formula is C13H16FNO4. The summed E-state index contributed by atoms with van der Waals surface area (Å²) in [7, 11) is 0. The fraction of sp³-hybridized carbons (Fsp3) is 0.462. The van der Waals surface area contributed by atoms with E-state index in [1.54, 1.807) is 0 Å². The van der Waals surface area contributed by atoms with Crippen LogP contribution in [0.25, 0.3) is 0 Å². The van der Waals surface area contributed by atoms with E-state index in [2.05, 4.69) is 4.90 Å². The van der Waals surface area contributed by atoms with Crippen molar-refractivity contribution in [2.24, 2.45) is 0 Å². The van der Waals surface area contributed by atoms with E-state index in [0.717, 1.165) is 19.2 Å². The molecular weight excluding hydrogens is 253 g/mol. The highest BCUT2D eigenvalue weighted by molar-refractivity contribution is 5.88. The number of nitrogens with zero attached hydrogens (tertiary/aromatic N) is 1. The van der Waals surface area contributed by atoms with Crippen LogP contribution in [-0.4, -0.2) is 55.4 Å². The number of rotatable bonds is 5. The molecule has 1 aromatic rings. The molecule has 1 aromatic carbocycles. The maximum absolute atomic E-state index is 13.2. The van der Waals surface area contributed by atoms with Gasteiger partial charge in [-0.05, 0) is 12.1 Å². The number of ether oxygens (including phenoxy) is 2. The van der Waals surface area contributed by atoms with E-state index >= 15 is 0 Å². The van der Waals surface area contributed by atoms with E-state index in [9.17, 15) is 9.18 Å². The third-order valence-electron chi connectivity index (χ3n) is 2.90. The maximum Gasteiger partial charge on any atom is 0.335 e. The number of hydrogen-bond donors (Lipinski definition) is 1. The molecule has 1 aliphatic heterocycles. The van der Waals surface area contributed by atoms with Gasteiger partial charge in [0.05, 0.1) is 18.8 Å². The van der Waals surface area contributed by atoms with Gasteiger partial charge in [-0.2, -0.15) is 0 Å². The summed E-state index contributed by atoms with van der Waals surface area (Å²) in [5, 5.41) is 8.82. The van der Waals surface area contributed by atoms with Gasteiger partial charge < -0.3 is 14.6 Å². The van der Waals surface area contributed by atoms with E-state index in [4.69, 9.17) is 14.6 Å². The van der Waals surface area contributed by atoms with Crippen molar-refractivity contribution in [1.29, 1.82) is 0 Å². The second-order valence-electron chi connectivity index (χ2n) is 4.28. The van der Waals surface area contributed by atoms with E-state index < -0.39 is 11.8 Å². The molecule has 0 bridgehead atoms. The molecule has 5 nitrogen and oxygen atoms in total. The van der Waals surface area contributed by atoms with Crippen LogP contribution < -0.4 is 4.74 Å². The SMILES string of the molecule is O=C(O)c1cc(F)cc(OCCN2CCOCC2)c1. The van der Waals surface area contributed by atoms with Crippen molar-refractivity contribution >= 4 is 5.97 Å². The van der Waals surface area contributed by atoms with Gasteiger partial charge in [0, 0.05) is 25.7 Å². The zero-order valence-corrected chi connectivity index (χ0v) is 10.5. The second kappa shape index (κ2) is 6.49. The molecule has 0 atom stereocenters. The lowest BCUT2D eigenvalue weighted by molar-refractivity contribution is 0.0322. The summed E-state index contributed by atoms with van der Waals surface area (Å²) in [6.07, 6.45) is 0. The summed E-state index contributed by atoms with van der Waals surface area (Å²) in [5.74, 6) is -1.54. The highest BCUT2D eigenvalue weighted by Gasteiger charge is 2.11. The molecule has 0 saturated carbocycles. The zero-order chi connectivity index (χ0) is 13.7. The van der Waals surface area contributed by atoms with Crippen LogP contribution in [0.15, 0.2) is 18.2 Å². The maximum atomic E-state index is 13.2. The van der Waals surface area contributed by atoms with Crippen LogP contribution in [0.1, 0.15) is 10.4 Å². The van der Waals surface area contributed by atoms with E-state index in [-0.39, 0.29) is 11.3 Å². The van der Waals surface area contributed by atoms with Crippen LogP contribution in [0.4, 0.5) is 4.39 Å². The number of carboxylic acid groups (broad SMARTS) is 1. The minimum Gasteiger partial charge on any atom is -0.492 e. The molecule has 6 heteroatoms. The Morgan fingerprint density at radius 1 is 1.37 bits per heavy atom. The summed E-state index contributed by atoms with van der Waals surface area (Å²) >= 11 is 0. The third-order valence-corrected chi connectivity index (χ3v) is 2.90. The molecule has 1 fully saturated rings. The van der Waals surface area contributed by atoms with E-state index in [1.807, 2.05) is 0 Å². The lowest BCUT2D eigenvalue weighted by Crippen LogP contribution is -2.38. The Morgan fingerprint density at radius 2 is 2.11 bits per heavy atom. The number of aromatic carboxylic acids is 1. The fourth-order valence-corrected chi connectivity index (χ4v) is 1.89. The van der Waals surface area contributed by atoms with Crippen LogP contribution >= 0.6 is 0 Å². The molecule has 0 aromatic heterocycles. The topological polar surface area (TPSA) is 59.0 Å². The normalized spacial score (nSPS) is 16.3. The van der Waals surface area contributed by atoms with Crippen molar-refractivity contribution in [2.45, 2.75) is 0 Å². The van der Waals surface area contributed by atoms with Crippen LogP contribution in [0.5, 0.6) is 5.75 Å². The first-order valence-corrected chi connectivity index (χ1v) is 6.12. The Kier molecular flexibility index (Phi) is 4.70. The standard InChI is InChI=1S/C13H16FNO4/c14-11-7-10(13(16)17)8-12(9-11)19-6-3-15-1-4-18-5-2-15/h7-9H,1-6H2,(H,16,17). The molecule has 1 heterocycles. The van der Waals surface area contributed by atoms with Crippen LogP contribution in [0, 0.1) is 5.82 Å². The molecule has 1 N–H and O–H groups in total. The summed E-state index contributed by atoms with van der Waals surface area (Å²) in [6.45, 7) is 4.23. The molecule has 0 unspecified atom stereocenters. The first kappa shape index (κ1) is 13.8. The predicted molar refractivity (Wildman–Crippen MR) is 66.1 cm³/mol. The highest BCUT2D eigenvalue weighted by atomic mass is 19.1. The largest absolute Gasteiger partial charge is 0.492 e. The number of hydrogen-bond acceptors (Lipinski definition) is 4. The fourth-order valence-electron chi connectivity index (χ4n) is 1.89. The van der Waals surface area contributed by atoms with Gasteiger partial charge in [-0.1, -0.05) is 0 Å². The van der Waals surface area contributed by atoms with Gasteiger partial charge in [0.25, 0.3) is 0 Å². The molecule has 1 aliphatic rings. The molecule has 0 radical (unpaired) electrons. The number of carbonyl (C=O) groups is 1. The lowest BCUT2D eigenvalue weighted by Gasteiger charge is -2.26. The highest BCUT2D eigenvalue weighted by Crippen LogP contribution is 2.16. The lowest BCUT2D eigenvalue weighted by atomic mass is 10.2. The van der Waals surface area contributed by atoms with Crippen LogP contribution in [0.3, 0.4) is 0 Å². The van der Waals surface area contributed by atoms with Gasteiger partial charge in [0.2, 0.25) is 0 Å². The number of halogens is 1. The van der Waals surface area contributed by atoms with Gasteiger partial charge in [0.1, 0.15) is 18.2 Å². The predicted octanol–water partition coefficient (Wildman–Crippen LogP) is 1.23. The monoisotopic (exact) mass is 269 g/mol. The quantitative estimate of drug-likeness (QED) is 0.871. The van der Waals surface area contributed by atoms with Crippen molar-refractivity contribution in [2.75, 3.05) is 39.5 Å². The van der Waals surface area contributed by atoms with Crippen molar-refractivity contribution in [3.63, 3.8) is 0 Å². The Balaban J connectivity index is 1.86. The number of morpholine rings is 1. The Morgan fingerprint density at radius 3 is 2.79 bits per heavy atom. The first-order chi connectivity index (χ1) is 9.15. The molecule has 2 rings (SSSR count). The molecule has 19 heavy (non-hydrogen) atoms. The molecule has 0 spiro atoms. The van der Waals surface area contributed by atoms with Gasteiger partial charge in [-0.15, -0.1) is 0 Å². The molecule has 104 valence electrons. The van der Waals surface area contributed by atoms with Gasteiger partial charge in [0.15, 0.2) is 0 Å². The summed E-state index contributed by atoms with van der Waals surface area (Å²) in [6, 6.07) is 3.48. The Hall–Kier alpha value is -1.66. The average Bonchev–Trinajstić information content (AvgIpc) is 2.39. The minimum absolute atomic E-state index is 0.110. The average molecular weight is 269 g/mol. The van der Waals surface area contributed by atoms with Crippen molar-refractivity contribution in [3.8, 4) is 5.75 Å². The Labute approximate surface area is 110 Å². The Bertz CT molecular complexity index is 446. The van der Waals surface area contributed by atoms with Crippen molar-refractivity contribution < 1.29 is 23.8 Å². The van der Waals surface area contributed by atoms with Crippen LogP contribution in [-0.2, 0) is 4.74 Å². The van der Waals surface area contributed by atoms with Crippen molar-refractivity contribution in [3.05, 3.63) is 29.6 Å². The number of carboxylic acids is 1. The zero-order valence-electron chi connectivity index (χ0n) is 10.5. The molecule has 1 saturated heterocycles. The van der Waals surface area contributed by atoms with Crippen molar-refractivity contribution in [1.82, 2.24) is 4.90 Å². The smallest absolute Gasteiger partial charge is 0.335 e. The first-order valence-electron chi connectivity index (χ1n) is 6.12. The number of benzene rings is 1. The summed E-state index contributed by atoms with van der Waals surface area (Å²) < 4.78 is 23.8. The van der Waals surface area contributed by atoms with Gasteiger partial charge in [-0.3, -0.25) is 4.90 Å². The summed E-state index contributed by atoms with van der Waals surface area (Å²) in [5.41, 5.74) is -0.110.